The zero-order valence-corrected chi connectivity index (χ0v) is 18.2. The molecule has 0 amide bonds. The molecule has 1 fully saturated rings. The maximum atomic E-state index is 6.28. The fourth-order valence-corrected chi connectivity index (χ4v) is 3.55. The molecule has 0 atom stereocenters. The summed E-state index contributed by atoms with van der Waals surface area (Å²) in [6.07, 6.45) is 1.62. The van der Waals surface area contributed by atoms with Crippen LogP contribution < -0.4 is 15.5 Å². The fourth-order valence-electron chi connectivity index (χ4n) is 3.39. The zero-order valence-electron chi connectivity index (χ0n) is 17.4. The van der Waals surface area contributed by atoms with Crippen LogP contribution in [0.15, 0.2) is 54.7 Å². The number of piperazine rings is 1. The van der Waals surface area contributed by atoms with Gasteiger partial charge < -0.3 is 20.4 Å². The van der Waals surface area contributed by atoms with Crippen molar-refractivity contribution in [1.82, 2.24) is 14.9 Å². The molecule has 0 aliphatic carbocycles. The van der Waals surface area contributed by atoms with Crippen LogP contribution in [0, 0.1) is 6.92 Å². The minimum Gasteiger partial charge on any atom is -0.369 e. The summed E-state index contributed by atoms with van der Waals surface area (Å²) in [5, 5.41) is 7.06. The molecule has 0 bridgehead atoms. The molecule has 1 aliphatic heterocycles. The Bertz CT molecular complexity index is 966. The average Bonchev–Trinajstić information content (AvgIpc) is 2.76. The summed E-state index contributed by atoms with van der Waals surface area (Å²) < 4.78 is 0. The van der Waals surface area contributed by atoms with Crippen LogP contribution in [0.5, 0.6) is 0 Å². The van der Waals surface area contributed by atoms with Crippen molar-refractivity contribution < 1.29 is 0 Å². The van der Waals surface area contributed by atoms with Gasteiger partial charge in [0.05, 0.1) is 6.20 Å². The summed E-state index contributed by atoms with van der Waals surface area (Å²) in [6.45, 7) is 7.03. The fraction of sp³-hybridized carbons (Fsp3) is 0.304. The van der Waals surface area contributed by atoms with Gasteiger partial charge >= 0.3 is 0 Å². The van der Waals surface area contributed by atoms with Gasteiger partial charge in [-0.05, 0) is 43.8 Å². The number of nitrogens with one attached hydrogen (secondary N) is 2. The molecular weight excluding hydrogens is 396 g/mol. The van der Waals surface area contributed by atoms with E-state index in [0.29, 0.717) is 23.3 Å². The smallest absolute Gasteiger partial charge is 0.229 e. The average molecular weight is 423 g/mol. The predicted molar refractivity (Wildman–Crippen MR) is 125 cm³/mol. The Labute approximate surface area is 182 Å². The number of aromatic nitrogens is 2. The molecular formula is C23H27ClN6. The molecule has 1 aromatic heterocycles. The summed E-state index contributed by atoms with van der Waals surface area (Å²) in [4.78, 5) is 13.6. The van der Waals surface area contributed by atoms with Crippen molar-refractivity contribution in [1.29, 1.82) is 0 Å². The lowest BCUT2D eigenvalue weighted by Crippen LogP contribution is -2.44. The van der Waals surface area contributed by atoms with E-state index < -0.39 is 0 Å². The monoisotopic (exact) mass is 422 g/mol. The number of anilines is 4. The minimum absolute atomic E-state index is 0.498. The lowest BCUT2D eigenvalue weighted by molar-refractivity contribution is 0.313. The molecule has 2 N–H and O–H groups in total. The highest BCUT2D eigenvalue weighted by Crippen LogP contribution is 2.24. The molecule has 3 aromatic rings. The van der Waals surface area contributed by atoms with E-state index in [-0.39, 0.29) is 0 Å². The quantitative estimate of drug-likeness (QED) is 0.608. The Kier molecular flexibility index (Phi) is 6.35. The van der Waals surface area contributed by atoms with Crippen molar-refractivity contribution in [3.05, 3.63) is 70.9 Å². The second-order valence-corrected chi connectivity index (χ2v) is 8.10. The van der Waals surface area contributed by atoms with E-state index in [0.717, 1.165) is 31.9 Å². The van der Waals surface area contributed by atoms with Crippen molar-refractivity contribution >= 4 is 34.7 Å². The minimum atomic E-state index is 0.498. The van der Waals surface area contributed by atoms with E-state index in [2.05, 4.69) is 92.9 Å². The Morgan fingerprint density at radius 1 is 0.967 bits per heavy atom. The van der Waals surface area contributed by atoms with Gasteiger partial charge in [0.1, 0.15) is 5.02 Å². The van der Waals surface area contributed by atoms with Crippen LogP contribution in [0.25, 0.3) is 0 Å². The topological polar surface area (TPSA) is 56.3 Å². The number of aryl methyl sites for hydroxylation is 1. The first-order chi connectivity index (χ1) is 14.6. The third-order valence-corrected chi connectivity index (χ3v) is 5.59. The van der Waals surface area contributed by atoms with Gasteiger partial charge in [0.2, 0.25) is 5.95 Å². The summed E-state index contributed by atoms with van der Waals surface area (Å²) in [5.41, 5.74) is 4.60. The predicted octanol–water partition coefficient (Wildman–Crippen LogP) is 4.55. The zero-order chi connectivity index (χ0) is 20.9. The highest BCUT2D eigenvalue weighted by atomic mass is 35.5. The third-order valence-electron chi connectivity index (χ3n) is 5.32. The summed E-state index contributed by atoms with van der Waals surface area (Å²) >= 11 is 6.28. The van der Waals surface area contributed by atoms with Crippen molar-refractivity contribution in [2.75, 3.05) is 48.8 Å². The van der Waals surface area contributed by atoms with E-state index in [4.69, 9.17) is 11.6 Å². The molecule has 0 radical (unpaired) electrons. The molecule has 1 saturated heterocycles. The standard InChI is InChI=1S/C23H27ClN6/c1-17-3-5-18(6-4-17)15-25-22-21(24)16-26-23(28-22)27-19-7-9-20(10-8-19)30-13-11-29(2)12-14-30/h3-10,16H,11-15H2,1-2H3,(H2,25,26,27,28). The maximum absolute atomic E-state index is 6.28. The summed E-state index contributed by atoms with van der Waals surface area (Å²) in [7, 11) is 2.17. The van der Waals surface area contributed by atoms with E-state index in [1.165, 1.54) is 16.8 Å². The van der Waals surface area contributed by atoms with Gasteiger partial charge in [0.15, 0.2) is 5.82 Å². The van der Waals surface area contributed by atoms with Gasteiger partial charge in [-0.2, -0.15) is 4.98 Å². The number of nitrogens with zero attached hydrogens (tertiary/aromatic N) is 4. The SMILES string of the molecule is Cc1ccc(CNc2nc(Nc3ccc(N4CCN(C)CC4)cc3)ncc2Cl)cc1. The molecule has 4 rings (SSSR count). The first-order valence-corrected chi connectivity index (χ1v) is 10.6. The number of halogens is 1. The van der Waals surface area contributed by atoms with Crippen LogP contribution in [0.1, 0.15) is 11.1 Å². The Balaban J connectivity index is 1.39. The Hall–Kier alpha value is -2.83. The van der Waals surface area contributed by atoms with Crippen molar-refractivity contribution in [2.24, 2.45) is 0 Å². The van der Waals surface area contributed by atoms with Crippen LogP contribution in [0.3, 0.4) is 0 Å². The van der Waals surface area contributed by atoms with Crippen LogP contribution in [0.4, 0.5) is 23.1 Å². The van der Waals surface area contributed by atoms with Gasteiger partial charge in [-0.3, -0.25) is 0 Å². The number of rotatable bonds is 6. The number of hydrogen-bond donors (Lipinski definition) is 2. The summed E-state index contributed by atoms with van der Waals surface area (Å²) in [6, 6.07) is 16.8. The second-order valence-electron chi connectivity index (χ2n) is 7.69. The normalized spacial score (nSPS) is 14.6. The van der Waals surface area contributed by atoms with Crippen LogP contribution >= 0.6 is 11.6 Å². The van der Waals surface area contributed by atoms with E-state index in [1.807, 2.05) is 0 Å². The van der Waals surface area contributed by atoms with Gasteiger partial charge in [0.25, 0.3) is 0 Å². The van der Waals surface area contributed by atoms with Gasteiger partial charge in [-0.25, -0.2) is 4.98 Å². The molecule has 1 aliphatic rings. The van der Waals surface area contributed by atoms with Crippen molar-refractivity contribution in [3.63, 3.8) is 0 Å². The van der Waals surface area contributed by atoms with E-state index in [9.17, 15) is 0 Å². The summed E-state index contributed by atoms with van der Waals surface area (Å²) in [5.74, 6) is 1.13. The van der Waals surface area contributed by atoms with Crippen LogP contribution in [-0.2, 0) is 6.54 Å². The number of likely N-dealkylation sites (N-methyl/N-ethyl adjacent to an activating group) is 1. The van der Waals surface area contributed by atoms with Gasteiger partial charge in [0, 0.05) is 44.1 Å². The molecule has 6 nitrogen and oxygen atoms in total. The van der Waals surface area contributed by atoms with E-state index >= 15 is 0 Å². The second kappa shape index (κ2) is 9.32. The first kappa shape index (κ1) is 20.4. The highest BCUT2D eigenvalue weighted by Gasteiger charge is 2.14. The lowest BCUT2D eigenvalue weighted by atomic mass is 10.1. The Morgan fingerprint density at radius 3 is 2.37 bits per heavy atom. The molecule has 2 aromatic carbocycles. The van der Waals surface area contributed by atoms with Gasteiger partial charge in [-0.15, -0.1) is 0 Å². The van der Waals surface area contributed by atoms with Crippen molar-refractivity contribution in [3.8, 4) is 0 Å². The van der Waals surface area contributed by atoms with Crippen LogP contribution in [-0.4, -0.2) is 48.1 Å². The van der Waals surface area contributed by atoms with Gasteiger partial charge in [-0.1, -0.05) is 41.4 Å². The van der Waals surface area contributed by atoms with Crippen LogP contribution in [0.2, 0.25) is 5.02 Å². The lowest BCUT2D eigenvalue weighted by Gasteiger charge is -2.34. The van der Waals surface area contributed by atoms with Crippen molar-refractivity contribution in [2.45, 2.75) is 13.5 Å². The molecule has 0 saturated carbocycles. The third kappa shape index (κ3) is 5.20. The maximum Gasteiger partial charge on any atom is 0.229 e. The first-order valence-electron chi connectivity index (χ1n) is 10.2. The number of hydrogen-bond acceptors (Lipinski definition) is 6. The molecule has 2 heterocycles. The molecule has 7 heteroatoms. The molecule has 0 unspecified atom stereocenters. The molecule has 156 valence electrons. The largest absolute Gasteiger partial charge is 0.369 e. The molecule has 0 spiro atoms. The molecule has 30 heavy (non-hydrogen) atoms. The number of benzene rings is 2. The highest BCUT2D eigenvalue weighted by molar-refractivity contribution is 6.32. The Morgan fingerprint density at radius 2 is 1.67 bits per heavy atom. The van der Waals surface area contributed by atoms with E-state index in [1.54, 1.807) is 6.20 Å².